The molecule has 4 rings (SSSR count). The third-order valence-corrected chi connectivity index (χ3v) is 6.07. The summed E-state index contributed by atoms with van der Waals surface area (Å²) in [6.07, 6.45) is 1.90. The summed E-state index contributed by atoms with van der Waals surface area (Å²) in [5.74, 6) is -1.87. The number of aromatic amines is 1. The molecule has 0 saturated heterocycles. The summed E-state index contributed by atoms with van der Waals surface area (Å²) < 4.78 is 37.2. The number of nitrogen functional groups attached to an aromatic ring is 1. The van der Waals surface area contributed by atoms with Gasteiger partial charge in [0.1, 0.15) is 0 Å². The number of benzene rings is 1. The molecule has 1 unspecified atom stereocenters. The number of aliphatic hydroxyl groups excluding tert-OH is 1. The number of para-hydroxylation sites is 1. The predicted molar refractivity (Wildman–Crippen MR) is 103 cm³/mol. The number of rotatable bonds is 7. The Morgan fingerprint density at radius 2 is 2.17 bits per heavy atom. The molecule has 30 heavy (non-hydrogen) atoms. The van der Waals surface area contributed by atoms with Gasteiger partial charge in [0.2, 0.25) is 5.95 Å². The van der Waals surface area contributed by atoms with Crippen LogP contribution in [0.25, 0.3) is 11.2 Å². The maximum Gasteiger partial charge on any atom is 0.527 e. The van der Waals surface area contributed by atoms with E-state index in [1.165, 1.54) is 24.5 Å². The Kier molecular flexibility index (Phi) is 5.33. The van der Waals surface area contributed by atoms with Gasteiger partial charge in [0, 0.05) is 18.6 Å². The number of H-pyrrole nitrogens is 1. The van der Waals surface area contributed by atoms with Crippen LogP contribution in [0.1, 0.15) is 12.5 Å². The van der Waals surface area contributed by atoms with Gasteiger partial charge in [-0.25, -0.2) is 13.9 Å². The number of fused-ring (bicyclic) bond motifs is 1. The van der Waals surface area contributed by atoms with E-state index in [9.17, 15) is 23.7 Å². The summed E-state index contributed by atoms with van der Waals surface area (Å²) in [6, 6.07) is 4.92. The zero-order valence-corrected chi connectivity index (χ0v) is 16.4. The maximum absolute atomic E-state index is 13.6. The molecule has 11 nitrogen and oxygen atoms in total. The Bertz CT molecular complexity index is 1180. The van der Waals surface area contributed by atoms with Gasteiger partial charge in [0.25, 0.3) is 5.56 Å². The molecule has 1 fully saturated rings. The van der Waals surface area contributed by atoms with Crippen LogP contribution in [-0.2, 0) is 9.09 Å². The number of phosphoric acid groups is 1. The molecule has 13 heteroatoms. The first-order chi connectivity index (χ1) is 14.3. The Hall–Kier alpha value is -2.79. The molecule has 4 atom stereocenters. The molecule has 0 aliphatic heterocycles. The van der Waals surface area contributed by atoms with Gasteiger partial charge in [0.15, 0.2) is 22.7 Å². The van der Waals surface area contributed by atoms with Crippen molar-refractivity contribution in [2.75, 3.05) is 18.9 Å². The van der Waals surface area contributed by atoms with Crippen LogP contribution in [0.4, 0.5) is 10.3 Å². The van der Waals surface area contributed by atoms with Crippen molar-refractivity contribution in [3.8, 4) is 5.75 Å². The summed E-state index contributed by atoms with van der Waals surface area (Å²) in [5, 5.41) is 9.79. The van der Waals surface area contributed by atoms with Crippen molar-refractivity contribution in [1.82, 2.24) is 19.5 Å². The molecule has 1 aliphatic rings. The van der Waals surface area contributed by atoms with Crippen LogP contribution in [0.15, 0.2) is 35.4 Å². The highest BCUT2D eigenvalue weighted by molar-refractivity contribution is 7.47. The van der Waals surface area contributed by atoms with Gasteiger partial charge in [-0.1, -0.05) is 12.1 Å². The number of aliphatic hydroxyl groups is 1. The number of aromatic nitrogens is 4. The fourth-order valence-corrected chi connectivity index (χ4v) is 4.43. The van der Waals surface area contributed by atoms with Gasteiger partial charge in [-0.05, 0) is 24.5 Å². The number of hydrogen-bond acceptors (Lipinski definition) is 8. The quantitative estimate of drug-likeness (QED) is 0.396. The molecule has 2 aromatic heterocycles. The largest absolute Gasteiger partial charge is 0.527 e. The van der Waals surface area contributed by atoms with E-state index in [0.717, 1.165) is 6.07 Å². The first kappa shape index (κ1) is 20.5. The van der Waals surface area contributed by atoms with Crippen LogP contribution in [0, 0.1) is 17.7 Å². The topological polar surface area (TPSA) is 166 Å². The monoisotopic (exact) mass is 439 g/mol. The zero-order chi connectivity index (χ0) is 21.5. The van der Waals surface area contributed by atoms with E-state index in [1.807, 2.05) is 0 Å². The van der Waals surface area contributed by atoms with E-state index >= 15 is 0 Å². The summed E-state index contributed by atoms with van der Waals surface area (Å²) >= 11 is 0. The number of nitrogens with one attached hydrogen (secondary N) is 1. The molecule has 0 radical (unpaired) electrons. The third kappa shape index (κ3) is 3.82. The standard InChI is InChI=1S/C17H19FN5O6P/c18-11-3-1-2-4-13(11)29-30(26,27)28-7-9-5-12(10(9)6-24)23-8-20-14-15(23)21-17(19)22-16(14)25/h1-4,8-10,12,24H,5-7H2,(H,26,27)(H3,19,21,22,25)/t9-,10+,12-/m1/s1. The number of imidazole rings is 1. The van der Waals surface area contributed by atoms with Gasteiger partial charge in [0.05, 0.1) is 12.9 Å². The number of nitrogens with zero attached hydrogens (tertiary/aromatic N) is 3. The minimum atomic E-state index is -4.56. The first-order valence-corrected chi connectivity index (χ1v) is 10.5. The highest BCUT2D eigenvalue weighted by atomic mass is 31.2. The Balaban J connectivity index is 1.44. The van der Waals surface area contributed by atoms with Gasteiger partial charge in [-0.3, -0.25) is 19.2 Å². The molecule has 1 saturated carbocycles. The van der Waals surface area contributed by atoms with E-state index < -0.39 is 24.9 Å². The number of anilines is 1. The molecule has 1 aromatic carbocycles. The van der Waals surface area contributed by atoms with Crippen molar-refractivity contribution in [2.24, 2.45) is 11.8 Å². The van der Waals surface area contributed by atoms with Gasteiger partial charge < -0.3 is 19.9 Å². The molecular weight excluding hydrogens is 420 g/mol. The van der Waals surface area contributed by atoms with Crippen molar-refractivity contribution in [2.45, 2.75) is 12.5 Å². The molecule has 5 N–H and O–H groups in total. The smallest absolute Gasteiger partial charge is 0.401 e. The minimum absolute atomic E-state index is 0.0551. The van der Waals surface area contributed by atoms with Crippen molar-refractivity contribution < 1.29 is 28.0 Å². The number of phosphoric ester groups is 1. The number of nitrogens with two attached hydrogens (primary N) is 1. The van der Waals surface area contributed by atoms with Crippen LogP contribution in [0.2, 0.25) is 0 Å². The molecular formula is C17H19FN5O6P. The summed E-state index contributed by atoms with van der Waals surface area (Å²) in [4.78, 5) is 32.3. The first-order valence-electron chi connectivity index (χ1n) is 9.03. The van der Waals surface area contributed by atoms with Crippen LogP contribution in [0.3, 0.4) is 0 Å². The lowest BCUT2D eigenvalue weighted by molar-refractivity contribution is -0.00494. The van der Waals surface area contributed by atoms with Gasteiger partial charge in [-0.2, -0.15) is 4.98 Å². The van der Waals surface area contributed by atoms with Crippen molar-refractivity contribution in [3.63, 3.8) is 0 Å². The van der Waals surface area contributed by atoms with Crippen LogP contribution in [0.5, 0.6) is 5.75 Å². The van der Waals surface area contributed by atoms with E-state index in [1.54, 1.807) is 4.57 Å². The summed E-state index contributed by atoms with van der Waals surface area (Å²) in [5.41, 5.74) is 5.54. The second kappa shape index (κ2) is 7.80. The van der Waals surface area contributed by atoms with Gasteiger partial charge >= 0.3 is 7.82 Å². The van der Waals surface area contributed by atoms with Crippen LogP contribution < -0.4 is 15.8 Å². The molecule has 1 aliphatic carbocycles. The van der Waals surface area contributed by atoms with E-state index in [4.69, 9.17) is 14.8 Å². The van der Waals surface area contributed by atoms with E-state index in [2.05, 4.69) is 15.0 Å². The maximum atomic E-state index is 13.6. The van der Waals surface area contributed by atoms with Crippen molar-refractivity contribution >= 4 is 24.9 Å². The van der Waals surface area contributed by atoms with Crippen LogP contribution in [-0.4, -0.2) is 42.7 Å². The fraction of sp³-hybridized carbons (Fsp3) is 0.353. The van der Waals surface area contributed by atoms with Crippen molar-refractivity contribution in [3.05, 3.63) is 46.8 Å². The molecule has 160 valence electrons. The highest BCUT2D eigenvalue weighted by Gasteiger charge is 2.44. The fourth-order valence-electron chi connectivity index (χ4n) is 3.61. The predicted octanol–water partition coefficient (Wildman–Crippen LogP) is 1.21. The normalized spacial score (nSPS) is 23.1. The second-order valence-electron chi connectivity index (χ2n) is 6.97. The summed E-state index contributed by atoms with van der Waals surface area (Å²) in [7, 11) is -4.56. The number of hydrogen-bond donors (Lipinski definition) is 4. The molecule has 0 amide bonds. The Labute approximate surface area is 168 Å². The average molecular weight is 439 g/mol. The lowest BCUT2D eigenvalue weighted by Gasteiger charge is -2.44. The third-order valence-electron chi connectivity index (χ3n) is 5.16. The highest BCUT2D eigenvalue weighted by Crippen LogP contribution is 2.49. The van der Waals surface area contributed by atoms with Crippen molar-refractivity contribution in [1.29, 1.82) is 0 Å². The Morgan fingerprint density at radius 1 is 1.40 bits per heavy atom. The zero-order valence-electron chi connectivity index (χ0n) is 15.5. The second-order valence-corrected chi connectivity index (χ2v) is 8.35. The van der Waals surface area contributed by atoms with E-state index in [-0.39, 0.29) is 48.2 Å². The molecule has 0 spiro atoms. The average Bonchev–Trinajstić information content (AvgIpc) is 3.06. The van der Waals surface area contributed by atoms with E-state index in [0.29, 0.717) is 6.42 Å². The molecule has 2 heterocycles. The lowest BCUT2D eigenvalue weighted by atomic mass is 9.70. The molecule has 3 aromatic rings. The lowest BCUT2D eigenvalue weighted by Crippen LogP contribution is -2.43. The molecule has 0 bridgehead atoms. The minimum Gasteiger partial charge on any atom is -0.401 e. The Morgan fingerprint density at radius 3 is 2.90 bits per heavy atom. The summed E-state index contributed by atoms with van der Waals surface area (Å²) in [6.45, 7) is -0.423. The number of halogens is 1. The SMILES string of the molecule is Nc1nc2c(ncn2[C@@H]2C[C@H](COP(=O)(O)Oc3ccccc3F)[C@@H]2CO)c(=O)[nH]1. The van der Waals surface area contributed by atoms with Gasteiger partial charge in [-0.15, -0.1) is 0 Å². The van der Waals surface area contributed by atoms with Crippen LogP contribution >= 0.6 is 7.82 Å².